The van der Waals surface area contributed by atoms with E-state index >= 15 is 0 Å². The standard InChI is InChI=1S/C11H9ClFN3O/c12-7-1-2-10(13)9(5-7)11(17)14-6-8-3-4-15-16-8/h1-5H,6H2,(H,14,17)(H,15,16). The van der Waals surface area contributed by atoms with Crippen molar-refractivity contribution < 1.29 is 9.18 Å². The van der Waals surface area contributed by atoms with Gasteiger partial charge in [-0.2, -0.15) is 5.10 Å². The Balaban J connectivity index is 2.07. The molecule has 0 aliphatic rings. The normalized spacial score (nSPS) is 10.2. The molecule has 17 heavy (non-hydrogen) atoms. The third-order valence-corrected chi connectivity index (χ3v) is 2.41. The number of hydrogen-bond acceptors (Lipinski definition) is 2. The van der Waals surface area contributed by atoms with Crippen LogP contribution in [0, 0.1) is 5.82 Å². The van der Waals surface area contributed by atoms with E-state index in [0.717, 1.165) is 11.8 Å². The SMILES string of the molecule is O=C(NCc1ccn[nH]1)c1cc(Cl)ccc1F. The van der Waals surface area contributed by atoms with E-state index in [1.807, 2.05) is 0 Å². The first-order chi connectivity index (χ1) is 8.16. The average molecular weight is 254 g/mol. The molecular weight excluding hydrogens is 245 g/mol. The Morgan fingerprint density at radius 3 is 3.00 bits per heavy atom. The minimum absolute atomic E-state index is 0.0722. The van der Waals surface area contributed by atoms with Gasteiger partial charge in [-0.3, -0.25) is 9.89 Å². The van der Waals surface area contributed by atoms with E-state index < -0.39 is 11.7 Å². The predicted molar refractivity (Wildman–Crippen MR) is 61.2 cm³/mol. The zero-order valence-corrected chi connectivity index (χ0v) is 9.46. The Hall–Kier alpha value is -1.88. The molecule has 0 atom stereocenters. The molecule has 0 aliphatic heterocycles. The average Bonchev–Trinajstić information content (AvgIpc) is 2.82. The first-order valence-electron chi connectivity index (χ1n) is 4.88. The summed E-state index contributed by atoms with van der Waals surface area (Å²) < 4.78 is 13.3. The molecule has 0 bridgehead atoms. The van der Waals surface area contributed by atoms with Crippen LogP contribution in [0.1, 0.15) is 16.1 Å². The van der Waals surface area contributed by atoms with E-state index in [4.69, 9.17) is 11.6 Å². The van der Waals surface area contributed by atoms with Crippen LogP contribution in [0.2, 0.25) is 5.02 Å². The maximum Gasteiger partial charge on any atom is 0.254 e. The molecule has 0 aliphatic carbocycles. The number of nitrogens with one attached hydrogen (secondary N) is 2. The van der Waals surface area contributed by atoms with Gasteiger partial charge < -0.3 is 5.32 Å². The van der Waals surface area contributed by atoms with Crippen LogP contribution in [0.3, 0.4) is 0 Å². The zero-order chi connectivity index (χ0) is 12.3. The summed E-state index contributed by atoms with van der Waals surface area (Å²) in [6.07, 6.45) is 1.57. The summed E-state index contributed by atoms with van der Waals surface area (Å²) in [7, 11) is 0. The van der Waals surface area contributed by atoms with Crippen molar-refractivity contribution in [1.82, 2.24) is 15.5 Å². The molecule has 0 radical (unpaired) electrons. The number of carbonyl (C=O) groups excluding carboxylic acids is 1. The molecule has 0 saturated heterocycles. The van der Waals surface area contributed by atoms with Crippen LogP contribution >= 0.6 is 11.6 Å². The number of rotatable bonds is 3. The number of aromatic amines is 1. The Morgan fingerprint density at radius 1 is 1.47 bits per heavy atom. The van der Waals surface area contributed by atoms with Crippen molar-refractivity contribution in [2.45, 2.75) is 6.54 Å². The van der Waals surface area contributed by atoms with Crippen molar-refractivity contribution >= 4 is 17.5 Å². The first kappa shape index (κ1) is 11.6. The second-order valence-corrected chi connectivity index (χ2v) is 3.83. The fraction of sp³-hybridized carbons (Fsp3) is 0.0909. The third kappa shape index (κ3) is 2.82. The summed E-state index contributed by atoms with van der Waals surface area (Å²) >= 11 is 5.70. The van der Waals surface area contributed by atoms with E-state index in [-0.39, 0.29) is 12.1 Å². The van der Waals surface area contributed by atoms with Crippen LogP contribution < -0.4 is 5.32 Å². The van der Waals surface area contributed by atoms with Crippen molar-refractivity contribution in [1.29, 1.82) is 0 Å². The van der Waals surface area contributed by atoms with Crippen molar-refractivity contribution in [2.75, 3.05) is 0 Å². The summed E-state index contributed by atoms with van der Waals surface area (Å²) in [5, 5.41) is 9.30. The minimum atomic E-state index is -0.600. The number of H-pyrrole nitrogens is 1. The van der Waals surface area contributed by atoms with Gasteiger partial charge in [0.05, 0.1) is 17.8 Å². The highest BCUT2D eigenvalue weighted by molar-refractivity contribution is 6.30. The lowest BCUT2D eigenvalue weighted by Crippen LogP contribution is -2.24. The van der Waals surface area contributed by atoms with Gasteiger partial charge >= 0.3 is 0 Å². The van der Waals surface area contributed by atoms with Gasteiger partial charge in [0.1, 0.15) is 5.82 Å². The van der Waals surface area contributed by atoms with Crippen LogP contribution in [-0.2, 0) is 6.54 Å². The van der Waals surface area contributed by atoms with E-state index in [1.165, 1.54) is 12.1 Å². The first-order valence-corrected chi connectivity index (χ1v) is 5.26. The zero-order valence-electron chi connectivity index (χ0n) is 8.71. The summed E-state index contributed by atoms with van der Waals surface area (Å²) in [5.74, 6) is -1.11. The molecule has 0 saturated carbocycles. The molecule has 0 fully saturated rings. The van der Waals surface area contributed by atoms with Gasteiger partial charge in [-0.15, -0.1) is 0 Å². The number of carbonyl (C=O) groups is 1. The number of aromatic nitrogens is 2. The Bertz CT molecular complexity index is 528. The molecule has 2 rings (SSSR count). The molecule has 0 unspecified atom stereocenters. The van der Waals surface area contributed by atoms with Crippen LogP contribution in [0.5, 0.6) is 0 Å². The van der Waals surface area contributed by atoms with E-state index in [2.05, 4.69) is 15.5 Å². The number of benzene rings is 1. The molecule has 2 N–H and O–H groups in total. The molecular formula is C11H9ClFN3O. The van der Waals surface area contributed by atoms with Crippen LogP contribution in [0.25, 0.3) is 0 Å². The Labute approximate surface area is 102 Å². The number of halogens is 2. The molecule has 1 amide bonds. The lowest BCUT2D eigenvalue weighted by Gasteiger charge is -2.05. The van der Waals surface area contributed by atoms with Crippen molar-refractivity contribution in [3.63, 3.8) is 0 Å². The van der Waals surface area contributed by atoms with Crippen molar-refractivity contribution in [3.8, 4) is 0 Å². The van der Waals surface area contributed by atoms with Gasteiger partial charge in [0.15, 0.2) is 0 Å². The van der Waals surface area contributed by atoms with E-state index in [1.54, 1.807) is 12.3 Å². The Morgan fingerprint density at radius 2 is 2.29 bits per heavy atom. The molecule has 1 heterocycles. The minimum Gasteiger partial charge on any atom is -0.346 e. The van der Waals surface area contributed by atoms with E-state index in [0.29, 0.717) is 5.02 Å². The molecule has 88 valence electrons. The molecule has 4 nitrogen and oxygen atoms in total. The molecule has 0 spiro atoms. The molecule has 1 aromatic heterocycles. The fourth-order valence-electron chi connectivity index (χ4n) is 1.33. The van der Waals surface area contributed by atoms with Gasteiger partial charge in [0, 0.05) is 11.2 Å². The second-order valence-electron chi connectivity index (χ2n) is 3.39. The van der Waals surface area contributed by atoms with Gasteiger partial charge in [-0.1, -0.05) is 11.6 Å². The van der Waals surface area contributed by atoms with Crippen molar-refractivity contribution in [2.24, 2.45) is 0 Å². The second kappa shape index (κ2) is 4.97. The highest BCUT2D eigenvalue weighted by atomic mass is 35.5. The van der Waals surface area contributed by atoms with Crippen molar-refractivity contribution in [3.05, 3.63) is 52.6 Å². The Kier molecular flexibility index (Phi) is 3.39. The topological polar surface area (TPSA) is 57.8 Å². The van der Waals surface area contributed by atoms with Crippen LogP contribution in [0.4, 0.5) is 4.39 Å². The van der Waals surface area contributed by atoms with Gasteiger partial charge in [-0.05, 0) is 24.3 Å². The maximum absolute atomic E-state index is 13.3. The maximum atomic E-state index is 13.3. The highest BCUT2D eigenvalue weighted by Crippen LogP contribution is 2.14. The largest absolute Gasteiger partial charge is 0.346 e. The summed E-state index contributed by atoms with van der Waals surface area (Å²) in [6, 6.07) is 5.56. The van der Waals surface area contributed by atoms with Crippen LogP contribution in [-0.4, -0.2) is 16.1 Å². The van der Waals surface area contributed by atoms with Gasteiger partial charge in [0.2, 0.25) is 0 Å². The van der Waals surface area contributed by atoms with Crippen LogP contribution in [0.15, 0.2) is 30.5 Å². The summed E-state index contributed by atoms with van der Waals surface area (Å²) in [5.41, 5.74) is 0.665. The predicted octanol–water partition coefficient (Wildman–Crippen LogP) is 2.13. The molecule has 1 aromatic carbocycles. The third-order valence-electron chi connectivity index (χ3n) is 2.17. The number of nitrogens with zero attached hydrogens (tertiary/aromatic N) is 1. The van der Waals surface area contributed by atoms with E-state index in [9.17, 15) is 9.18 Å². The van der Waals surface area contributed by atoms with Gasteiger partial charge in [-0.25, -0.2) is 4.39 Å². The quantitative estimate of drug-likeness (QED) is 0.880. The van der Waals surface area contributed by atoms with Gasteiger partial charge in [0.25, 0.3) is 5.91 Å². The summed E-state index contributed by atoms with van der Waals surface area (Å²) in [6.45, 7) is 0.255. The fourth-order valence-corrected chi connectivity index (χ4v) is 1.50. The smallest absolute Gasteiger partial charge is 0.254 e. The monoisotopic (exact) mass is 253 g/mol. The highest BCUT2D eigenvalue weighted by Gasteiger charge is 2.11. The summed E-state index contributed by atoms with van der Waals surface area (Å²) in [4.78, 5) is 11.7. The lowest BCUT2D eigenvalue weighted by molar-refractivity contribution is 0.0946. The molecule has 2 aromatic rings. The number of hydrogen-bond donors (Lipinski definition) is 2. The number of amides is 1. The lowest BCUT2D eigenvalue weighted by atomic mass is 10.2. The molecule has 6 heteroatoms.